The van der Waals surface area contributed by atoms with E-state index in [1.165, 1.54) is 83.5 Å². The van der Waals surface area contributed by atoms with Crippen molar-refractivity contribution in [3.63, 3.8) is 0 Å². The summed E-state index contributed by atoms with van der Waals surface area (Å²) in [4.78, 5) is 27.0. The number of allylic oxidation sites excluding steroid dienone is 2. The number of hydrogen-bond donors (Lipinski definition) is 1. The highest BCUT2D eigenvalue weighted by molar-refractivity contribution is 5.79. The van der Waals surface area contributed by atoms with Crippen LogP contribution in [-0.2, 0) is 14.3 Å². The molecule has 0 spiro atoms. The fraction of sp³-hybridized carbons (Fsp3) is 0.871. The number of hydrogen-bond acceptors (Lipinski definition) is 4. The summed E-state index contributed by atoms with van der Waals surface area (Å²) in [5.74, 6) is -0.00670. The number of carbonyl (C=O) groups excluding carboxylic acids is 2. The molecule has 0 aromatic heterocycles. The molecular formula is C31H58N2O3. The predicted octanol–water partition coefficient (Wildman–Crippen LogP) is 7.44. The van der Waals surface area contributed by atoms with Gasteiger partial charge in [0.05, 0.1) is 6.61 Å². The zero-order chi connectivity index (χ0) is 26.3. The fourth-order valence-corrected chi connectivity index (χ4v) is 5.03. The van der Waals surface area contributed by atoms with E-state index in [2.05, 4.69) is 29.3 Å². The molecule has 36 heavy (non-hydrogen) atoms. The van der Waals surface area contributed by atoms with Crippen LogP contribution in [0.3, 0.4) is 0 Å². The van der Waals surface area contributed by atoms with Gasteiger partial charge in [-0.15, -0.1) is 0 Å². The summed E-state index contributed by atoms with van der Waals surface area (Å²) in [6.45, 7) is 4.30. The number of rotatable bonds is 23. The van der Waals surface area contributed by atoms with Crippen LogP contribution in [0.2, 0.25) is 0 Å². The van der Waals surface area contributed by atoms with Gasteiger partial charge in [0.25, 0.3) is 0 Å². The minimum absolute atomic E-state index is 0.0899. The highest BCUT2D eigenvalue weighted by atomic mass is 16.5. The number of esters is 1. The van der Waals surface area contributed by atoms with E-state index in [0.717, 1.165) is 38.6 Å². The molecule has 2 unspecified atom stereocenters. The number of unbranched alkanes of at least 4 members (excludes halogenated alkanes) is 14. The molecule has 0 aromatic carbocycles. The lowest BCUT2D eigenvalue weighted by Gasteiger charge is -2.27. The van der Waals surface area contributed by atoms with Gasteiger partial charge >= 0.3 is 5.97 Å². The Kier molecular flexibility index (Phi) is 20.7. The zero-order valence-electron chi connectivity index (χ0n) is 24.0. The molecule has 0 aliphatic heterocycles. The van der Waals surface area contributed by atoms with Crippen LogP contribution in [0.4, 0.5) is 0 Å². The number of nitrogens with one attached hydrogen (secondary N) is 1. The average Bonchev–Trinajstić information content (AvgIpc) is 2.87. The first-order valence-corrected chi connectivity index (χ1v) is 15.3. The van der Waals surface area contributed by atoms with Crippen molar-refractivity contribution < 1.29 is 14.3 Å². The number of ether oxygens (including phenoxy) is 1. The van der Waals surface area contributed by atoms with Crippen LogP contribution in [0.1, 0.15) is 129 Å². The molecule has 5 nitrogen and oxygen atoms in total. The van der Waals surface area contributed by atoms with Crippen molar-refractivity contribution in [1.82, 2.24) is 10.2 Å². The Labute approximate surface area is 223 Å². The van der Waals surface area contributed by atoms with Crippen molar-refractivity contribution in [2.45, 2.75) is 129 Å². The minimum atomic E-state index is -0.107. The molecule has 0 saturated carbocycles. The van der Waals surface area contributed by atoms with E-state index in [4.69, 9.17) is 4.74 Å². The first-order chi connectivity index (χ1) is 17.5. The SMILES string of the molecule is CCCCCCCCCCCCCCCCCC(=O)OCC1CC=CCC1C(=O)NCCCN(C)C. The van der Waals surface area contributed by atoms with E-state index in [1.54, 1.807) is 0 Å². The monoisotopic (exact) mass is 506 g/mol. The van der Waals surface area contributed by atoms with Gasteiger partial charge in [0.15, 0.2) is 0 Å². The van der Waals surface area contributed by atoms with Gasteiger partial charge in [-0.05, 0) is 46.3 Å². The maximum Gasteiger partial charge on any atom is 0.305 e. The molecule has 0 heterocycles. The summed E-state index contributed by atoms with van der Waals surface area (Å²) in [6.07, 6.45) is 27.0. The van der Waals surface area contributed by atoms with Gasteiger partial charge in [-0.2, -0.15) is 0 Å². The van der Waals surface area contributed by atoms with E-state index in [9.17, 15) is 9.59 Å². The minimum Gasteiger partial charge on any atom is -0.465 e. The Morgan fingerprint density at radius 1 is 0.778 bits per heavy atom. The van der Waals surface area contributed by atoms with Gasteiger partial charge in [0.1, 0.15) is 0 Å². The molecule has 0 fully saturated rings. The number of nitrogens with zero attached hydrogens (tertiary/aromatic N) is 1. The Bertz CT molecular complexity index is 576. The first-order valence-electron chi connectivity index (χ1n) is 15.3. The normalized spacial score (nSPS) is 17.4. The summed E-state index contributed by atoms with van der Waals surface area (Å²) in [7, 11) is 4.08. The van der Waals surface area contributed by atoms with Gasteiger partial charge in [0.2, 0.25) is 5.91 Å². The van der Waals surface area contributed by atoms with Gasteiger partial charge in [-0.1, -0.05) is 109 Å². The summed E-state index contributed by atoms with van der Waals surface area (Å²) in [5.41, 5.74) is 0. The van der Waals surface area contributed by atoms with E-state index >= 15 is 0 Å². The number of amides is 1. The summed E-state index contributed by atoms with van der Waals surface area (Å²) in [6, 6.07) is 0. The van der Waals surface area contributed by atoms with Crippen molar-refractivity contribution in [1.29, 1.82) is 0 Å². The predicted molar refractivity (Wildman–Crippen MR) is 152 cm³/mol. The Morgan fingerprint density at radius 2 is 1.31 bits per heavy atom. The van der Waals surface area contributed by atoms with Crippen LogP contribution in [0, 0.1) is 11.8 Å². The average molecular weight is 507 g/mol. The van der Waals surface area contributed by atoms with Crippen LogP contribution in [0.5, 0.6) is 0 Å². The molecule has 1 aliphatic carbocycles. The molecule has 0 aromatic rings. The van der Waals surface area contributed by atoms with Crippen molar-refractivity contribution in [2.75, 3.05) is 33.8 Å². The standard InChI is InChI=1S/C31H58N2O3/c1-4-5-6-7-8-9-10-11-12-13-14-15-16-17-18-24-30(34)36-27-28-22-19-20-23-29(28)31(35)32-25-21-26-33(2)3/h19-20,28-29H,4-18,21-27H2,1-3H3,(H,32,35). The second-order valence-electron chi connectivity index (χ2n) is 11.1. The Balaban J connectivity index is 1.99. The van der Waals surface area contributed by atoms with Crippen LogP contribution >= 0.6 is 0 Å². The van der Waals surface area contributed by atoms with Crippen LogP contribution in [-0.4, -0.2) is 50.6 Å². The van der Waals surface area contributed by atoms with E-state index in [-0.39, 0.29) is 23.7 Å². The molecule has 1 amide bonds. The van der Waals surface area contributed by atoms with Crippen LogP contribution in [0.25, 0.3) is 0 Å². The highest BCUT2D eigenvalue weighted by Crippen LogP contribution is 2.26. The lowest BCUT2D eigenvalue weighted by atomic mass is 9.83. The van der Waals surface area contributed by atoms with Crippen molar-refractivity contribution in [3.8, 4) is 0 Å². The Hall–Kier alpha value is -1.36. The second kappa shape index (κ2) is 22.8. The maximum absolute atomic E-state index is 12.6. The molecule has 1 N–H and O–H groups in total. The lowest BCUT2D eigenvalue weighted by molar-refractivity contribution is -0.147. The Morgan fingerprint density at radius 3 is 1.86 bits per heavy atom. The van der Waals surface area contributed by atoms with Crippen molar-refractivity contribution in [3.05, 3.63) is 12.2 Å². The molecule has 210 valence electrons. The third kappa shape index (κ3) is 18.0. The maximum atomic E-state index is 12.6. The third-order valence-corrected chi connectivity index (χ3v) is 7.43. The molecule has 0 radical (unpaired) electrons. The smallest absolute Gasteiger partial charge is 0.305 e. The zero-order valence-corrected chi connectivity index (χ0v) is 24.0. The summed E-state index contributed by atoms with van der Waals surface area (Å²) < 4.78 is 5.58. The number of carbonyl (C=O) groups is 2. The topological polar surface area (TPSA) is 58.6 Å². The largest absolute Gasteiger partial charge is 0.465 e. The van der Waals surface area contributed by atoms with Gasteiger partial charge in [-0.3, -0.25) is 9.59 Å². The second-order valence-corrected chi connectivity index (χ2v) is 11.1. The third-order valence-electron chi connectivity index (χ3n) is 7.43. The van der Waals surface area contributed by atoms with Crippen molar-refractivity contribution >= 4 is 11.9 Å². The lowest BCUT2D eigenvalue weighted by Crippen LogP contribution is -2.38. The highest BCUT2D eigenvalue weighted by Gasteiger charge is 2.29. The molecule has 0 bridgehead atoms. The van der Waals surface area contributed by atoms with E-state index < -0.39 is 0 Å². The van der Waals surface area contributed by atoms with Gasteiger partial charge in [0, 0.05) is 24.8 Å². The van der Waals surface area contributed by atoms with Crippen molar-refractivity contribution in [2.24, 2.45) is 11.8 Å². The molecule has 1 aliphatic rings. The van der Waals surface area contributed by atoms with Gasteiger partial charge in [-0.25, -0.2) is 0 Å². The molecular weight excluding hydrogens is 448 g/mol. The van der Waals surface area contributed by atoms with Gasteiger partial charge < -0.3 is 15.0 Å². The first kappa shape index (κ1) is 32.7. The molecule has 0 saturated heterocycles. The summed E-state index contributed by atoms with van der Waals surface area (Å²) in [5, 5.41) is 3.07. The summed E-state index contributed by atoms with van der Waals surface area (Å²) >= 11 is 0. The molecule has 2 atom stereocenters. The fourth-order valence-electron chi connectivity index (χ4n) is 5.03. The van der Waals surface area contributed by atoms with Crippen LogP contribution < -0.4 is 5.32 Å². The van der Waals surface area contributed by atoms with E-state index in [1.807, 2.05) is 14.1 Å². The van der Waals surface area contributed by atoms with E-state index in [0.29, 0.717) is 19.6 Å². The molecule has 1 rings (SSSR count). The van der Waals surface area contributed by atoms with Crippen LogP contribution in [0.15, 0.2) is 12.2 Å². The molecule has 5 heteroatoms. The quantitative estimate of drug-likeness (QED) is 0.0888.